The van der Waals surface area contributed by atoms with E-state index in [4.69, 9.17) is 18.9 Å². The molecule has 154 valence electrons. The summed E-state index contributed by atoms with van der Waals surface area (Å²) in [5.41, 5.74) is 0.725. The van der Waals surface area contributed by atoms with Gasteiger partial charge in [0.2, 0.25) is 5.91 Å². The van der Waals surface area contributed by atoms with Crippen LogP contribution in [0, 0.1) is 0 Å². The summed E-state index contributed by atoms with van der Waals surface area (Å²) in [4.78, 5) is 36.0. The lowest BCUT2D eigenvalue weighted by molar-refractivity contribution is -0.119. The third-order valence-corrected chi connectivity index (χ3v) is 3.76. The highest BCUT2D eigenvalue weighted by Gasteiger charge is 2.20. The first-order valence-electron chi connectivity index (χ1n) is 8.52. The predicted molar refractivity (Wildman–Crippen MR) is 106 cm³/mol. The molecule has 0 unspecified atom stereocenters. The fourth-order valence-electron chi connectivity index (χ4n) is 2.42. The highest BCUT2D eigenvalue weighted by atomic mass is 16.5. The molecule has 2 rings (SSSR count). The molecule has 0 saturated heterocycles. The highest BCUT2D eigenvalue weighted by molar-refractivity contribution is 6.02. The molecule has 0 bridgehead atoms. The van der Waals surface area contributed by atoms with Gasteiger partial charge in [0.05, 0.1) is 32.6 Å². The third-order valence-electron chi connectivity index (χ3n) is 3.76. The molecular formula is C20H22N2O7. The number of anilines is 2. The van der Waals surface area contributed by atoms with Crippen molar-refractivity contribution in [2.75, 3.05) is 38.6 Å². The Morgan fingerprint density at radius 1 is 0.862 bits per heavy atom. The van der Waals surface area contributed by atoms with Crippen LogP contribution in [0.15, 0.2) is 36.4 Å². The smallest absolute Gasteiger partial charge is 0.340 e. The van der Waals surface area contributed by atoms with E-state index < -0.39 is 18.5 Å². The second-order valence-electron chi connectivity index (χ2n) is 5.79. The Bertz CT molecular complexity index is 894. The molecule has 2 aromatic carbocycles. The standard InChI is InChI=1S/C20H22N2O7/c1-12(23)21-16-10-18(28-4)17(27-3)9-15(16)20(25)29-11-19(24)22-13-5-7-14(26-2)8-6-13/h5-10H,11H2,1-4H3,(H,21,23)(H,22,24). The van der Waals surface area contributed by atoms with E-state index in [9.17, 15) is 14.4 Å². The van der Waals surface area contributed by atoms with Gasteiger partial charge in [0.15, 0.2) is 18.1 Å². The fourth-order valence-corrected chi connectivity index (χ4v) is 2.42. The fraction of sp³-hybridized carbons (Fsp3) is 0.250. The first-order valence-corrected chi connectivity index (χ1v) is 8.52. The van der Waals surface area contributed by atoms with Crippen molar-refractivity contribution in [3.05, 3.63) is 42.0 Å². The zero-order chi connectivity index (χ0) is 21.4. The van der Waals surface area contributed by atoms with Crippen molar-refractivity contribution in [1.82, 2.24) is 0 Å². The van der Waals surface area contributed by atoms with E-state index >= 15 is 0 Å². The number of rotatable bonds is 8. The van der Waals surface area contributed by atoms with Crippen molar-refractivity contribution in [3.8, 4) is 17.2 Å². The van der Waals surface area contributed by atoms with Crippen LogP contribution in [0.3, 0.4) is 0 Å². The van der Waals surface area contributed by atoms with Crippen LogP contribution >= 0.6 is 0 Å². The quantitative estimate of drug-likeness (QED) is 0.652. The largest absolute Gasteiger partial charge is 0.497 e. The van der Waals surface area contributed by atoms with Crippen LogP contribution in [0.25, 0.3) is 0 Å². The molecule has 0 atom stereocenters. The molecule has 0 heterocycles. The Labute approximate surface area is 167 Å². The number of nitrogens with one attached hydrogen (secondary N) is 2. The van der Waals surface area contributed by atoms with Gasteiger partial charge in [-0.15, -0.1) is 0 Å². The molecule has 2 aromatic rings. The van der Waals surface area contributed by atoms with E-state index in [1.807, 2.05) is 0 Å². The lowest BCUT2D eigenvalue weighted by Gasteiger charge is -2.14. The van der Waals surface area contributed by atoms with E-state index in [2.05, 4.69) is 10.6 Å². The summed E-state index contributed by atoms with van der Waals surface area (Å²) >= 11 is 0. The minimum Gasteiger partial charge on any atom is -0.497 e. The average Bonchev–Trinajstić information content (AvgIpc) is 2.71. The lowest BCUT2D eigenvalue weighted by atomic mass is 10.1. The molecule has 9 nitrogen and oxygen atoms in total. The van der Waals surface area contributed by atoms with Gasteiger partial charge in [-0.25, -0.2) is 4.79 Å². The van der Waals surface area contributed by atoms with Crippen LogP contribution in [0.4, 0.5) is 11.4 Å². The summed E-state index contributed by atoms with van der Waals surface area (Å²) in [5.74, 6) is -0.470. The summed E-state index contributed by atoms with van der Waals surface area (Å²) < 4.78 is 20.5. The first kappa shape index (κ1) is 21.5. The van der Waals surface area contributed by atoms with Gasteiger partial charge in [0.1, 0.15) is 5.75 Å². The number of benzene rings is 2. The highest BCUT2D eigenvalue weighted by Crippen LogP contribution is 2.33. The van der Waals surface area contributed by atoms with Gasteiger partial charge in [-0.1, -0.05) is 0 Å². The Kier molecular flexibility index (Phi) is 7.41. The number of carbonyl (C=O) groups excluding carboxylic acids is 3. The Hall–Kier alpha value is -3.75. The SMILES string of the molecule is COc1ccc(NC(=O)COC(=O)c2cc(OC)c(OC)cc2NC(C)=O)cc1. The van der Waals surface area contributed by atoms with Crippen molar-refractivity contribution in [3.63, 3.8) is 0 Å². The van der Waals surface area contributed by atoms with E-state index in [0.717, 1.165) is 0 Å². The molecule has 0 aliphatic carbocycles. The second kappa shape index (κ2) is 9.98. The predicted octanol–water partition coefficient (Wildman–Crippen LogP) is 2.47. The molecule has 0 aliphatic rings. The van der Waals surface area contributed by atoms with Gasteiger partial charge < -0.3 is 29.6 Å². The molecule has 0 saturated carbocycles. The van der Waals surface area contributed by atoms with Crippen LogP contribution in [-0.4, -0.2) is 45.7 Å². The van der Waals surface area contributed by atoms with Crippen LogP contribution < -0.4 is 24.8 Å². The molecule has 0 aromatic heterocycles. The van der Waals surface area contributed by atoms with Gasteiger partial charge in [-0.3, -0.25) is 9.59 Å². The van der Waals surface area contributed by atoms with E-state index in [-0.39, 0.29) is 22.9 Å². The maximum atomic E-state index is 12.5. The van der Waals surface area contributed by atoms with Crippen molar-refractivity contribution >= 4 is 29.2 Å². The van der Waals surface area contributed by atoms with Crippen LogP contribution in [0.2, 0.25) is 0 Å². The molecule has 2 amide bonds. The van der Waals surface area contributed by atoms with Gasteiger partial charge in [-0.05, 0) is 24.3 Å². The summed E-state index contributed by atoms with van der Waals surface area (Å²) in [6.07, 6.45) is 0. The van der Waals surface area contributed by atoms with Crippen LogP contribution in [-0.2, 0) is 14.3 Å². The zero-order valence-electron chi connectivity index (χ0n) is 16.5. The number of methoxy groups -OCH3 is 3. The summed E-state index contributed by atoms with van der Waals surface area (Å²) in [6.45, 7) is 0.785. The molecule has 0 aliphatic heterocycles. The van der Waals surface area contributed by atoms with Crippen LogP contribution in [0.5, 0.6) is 17.2 Å². The van der Waals surface area contributed by atoms with Crippen molar-refractivity contribution in [1.29, 1.82) is 0 Å². The monoisotopic (exact) mass is 402 g/mol. The number of hydrogen-bond acceptors (Lipinski definition) is 7. The topological polar surface area (TPSA) is 112 Å². The normalized spacial score (nSPS) is 9.93. The molecule has 0 spiro atoms. The Morgan fingerprint density at radius 3 is 2.03 bits per heavy atom. The van der Waals surface area contributed by atoms with Gasteiger partial charge in [0, 0.05) is 24.7 Å². The van der Waals surface area contributed by atoms with Gasteiger partial charge in [0.25, 0.3) is 5.91 Å². The van der Waals surface area contributed by atoms with Crippen molar-refractivity contribution in [2.24, 2.45) is 0 Å². The van der Waals surface area contributed by atoms with E-state index in [1.54, 1.807) is 24.3 Å². The zero-order valence-corrected chi connectivity index (χ0v) is 16.5. The Balaban J connectivity index is 2.10. The molecule has 0 radical (unpaired) electrons. The lowest BCUT2D eigenvalue weighted by Crippen LogP contribution is -2.22. The van der Waals surface area contributed by atoms with E-state index in [0.29, 0.717) is 17.2 Å². The molecule has 0 fully saturated rings. The number of hydrogen-bond donors (Lipinski definition) is 2. The molecule has 2 N–H and O–H groups in total. The van der Waals surface area contributed by atoms with Gasteiger partial charge in [-0.2, -0.15) is 0 Å². The molecule has 29 heavy (non-hydrogen) atoms. The summed E-state index contributed by atoms with van der Waals surface area (Å²) in [7, 11) is 4.38. The third kappa shape index (κ3) is 5.86. The molecular weight excluding hydrogens is 380 g/mol. The summed E-state index contributed by atoms with van der Waals surface area (Å²) in [6, 6.07) is 9.49. The van der Waals surface area contributed by atoms with E-state index in [1.165, 1.54) is 40.4 Å². The maximum absolute atomic E-state index is 12.5. The second-order valence-corrected chi connectivity index (χ2v) is 5.79. The molecule has 9 heteroatoms. The van der Waals surface area contributed by atoms with Crippen LogP contribution in [0.1, 0.15) is 17.3 Å². The van der Waals surface area contributed by atoms with Crippen molar-refractivity contribution in [2.45, 2.75) is 6.92 Å². The maximum Gasteiger partial charge on any atom is 0.340 e. The van der Waals surface area contributed by atoms with Crippen molar-refractivity contribution < 1.29 is 33.3 Å². The Morgan fingerprint density at radius 2 is 1.48 bits per heavy atom. The first-order chi connectivity index (χ1) is 13.9. The number of amides is 2. The average molecular weight is 402 g/mol. The minimum absolute atomic E-state index is 0.0232. The number of esters is 1. The number of carbonyl (C=O) groups is 3. The summed E-state index contributed by atoms with van der Waals surface area (Å²) in [5, 5.41) is 5.13. The minimum atomic E-state index is -0.806. The van der Waals surface area contributed by atoms with Gasteiger partial charge >= 0.3 is 5.97 Å². The number of ether oxygens (including phenoxy) is 4.